The standard InChI is InChI=1S/C14H20O2/c1-9-2-11-3-10(1)5-13(4-9,6-11)14-8-15-7-12(14)16-14/h9-12H,1-8H2/t9?,10?,11?,12-,13?,14+/m0/s1. The van der Waals surface area contributed by atoms with E-state index >= 15 is 0 Å². The molecule has 4 saturated carbocycles. The Morgan fingerprint density at radius 1 is 0.875 bits per heavy atom. The first kappa shape index (κ1) is 8.93. The number of fused-ring (bicyclic) bond motifs is 1. The van der Waals surface area contributed by atoms with Gasteiger partial charge in [0.25, 0.3) is 0 Å². The van der Waals surface area contributed by atoms with Crippen LogP contribution in [0.5, 0.6) is 0 Å². The molecule has 0 N–H and O–H groups in total. The van der Waals surface area contributed by atoms with Crippen LogP contribution < -0.4 is 0 Å². The number of hydrogen-bond donors (Lipinski definition) is 0. The SMILES string of the molecule is C1C2CC3CC1CC([C@@]14COC[C@@H]1O4)(C2)C3. The van der Waals surface area contributed by atoms with Crippen molar-refractivity contribution in [1.29, 1.82) is 0 Å². The molecule has 88 valence electrons. The van der Waals surface area contributed by atoms with E-state index in [1.165, 1.54) is 38.5 Å². The summed E-state index contributed by atoms with van der Waals surface area (Å²) in [7, 11) is 0. The quantitative estimate of drug-likeness (QED) is 0.633. The molecule has 0 aromatic carbocycles. The molecule has 0 unspecified atom stereocenters. The van der Waals surface area contributed by atoms with Gasteiger partial charge in [-0.3, -0.25) is 0 Å². The van der Waals surface area contributed by atoms with Crippen LogP contribution in [-0.4, -0.2) is 24.9 Å². The van der Waals surface area contributed by atoms with Gasteiger partial charge in [0, 0.05) is 5.41 Å². The lowest BCUT2D eigenvalue weighted by Gasteiger charge is -2.58. The van der Waals surface area contributed by atoms with Crippen molar-refractivity contribution in [2.45, 2.75) is 50.2 Å². The summed E-state index contributed by atoms with van der Waals surface area (Å²) >= 11 is 0. The fourth-order valence-corrected chi connectivity index (χ4v) is 6.08. The van der Waals surface area contributed by atoms with Gasteiger partial charge in [0.05, 0.1) is 13.2 Å². The van der Waals surface area contributed by atoms with Crippen molar-refractivity contribution in [2.24, 2.45) is 23.2 Å². The summed E-state index contributed by atoms with van der Waals surface area (Å²) in [5.74, 6) is 3.10. The Labute approximate surface area is 96.7 Å². The minimum Gasteiger partial charge on any atom is -0.376 e. The monoisotopic (exact) mass is 220 g/mol. The topological polar surface area (TPSA) is 21.8 Å². The van der Waals surface area contributed by atoms with Crippen LogP contribution in [0.3, 0.4) is 0 Å². The summed E-state index contributed by atoms with van der Waals surface area (Å²) in [4.78, 5) is 0. The molecular weight excluding hydrogens is 200 g/mol. The maximum Gasteiger partial charge on any atom is 0.126 e. The zero-order chi connectivity index (χ0) is 10.4. The minimum absolute atomic E-state index is 0.197. The lowest BCUT2D eigenvalue weighted by atomic mass is 9.46. The summed E-state index contributed by atoms with van der Waals surface area (Å²) in [6.07, 6.45) is 9.43. The van der Waals surface area contributed by atoms with E-state index in [9.17, 15) is 0 Å². The first-order valence-corrected chi connectivity index (χ1v) is 7.05. The molecule has 2 nitrogen and oxygen atoms in total. The van der Waals surface area contributed by atoms with Crippen LogP contribution in [0.4, 0.5) is 0 Å². The van der Waals surface area contributed by atoms with Crippen molar-refractivity contribution >= 4 is 0 Å². The van der Waals surface area contributed by atoms with Gasteiger partial charge >= 0.3 is 0 Å². The molecule has 0 radical (unpaired) electrons. The van der Waals surface area contributed by atoms with Gasteiger partial charge in [0.2, 0.25) is 0 Å². The van der Waals surface area contributed by atoms with Crippen LogP contribution in [0.2, 0.25) is 0 Å². The summed E-state index contributed by atoms with van der Waals surface area (Å²) in [5.41, 5.74) is 0.742. The molecule has 0 amide bonds. The van der Waals surface area contributed by atoms with Crippen molar-refractivity contribution < 1.29 is 9.47 Å². The van der Waals surface area contributed by atoms with Gasteiger partial charge in [0.1, 0.15) is 11.7 Å². The molecule has 2 saturated heterocycles. The molecule has 16 heavy (non-hydrogen) atoms. The Morgan fingerprint density at radius 3 is 1.94 bits per heavy atom. The van der Waals surface area contributed by atoms with Crippen LogP contribution >= 0.6 is 0 Å². The van der Waals surface area contributed by atoms with E-state index in [-0.39, 0.29) is 5.60 Å². The molecule has 0 spiro atoms. The van der Waals surface area contributed by atoms with Gasteiger partial charge in [0.15, 0.2) is 0 Å². The third kappa shape index (κ3) is 0.862. The maximum absolute atomic E-state index is 6.10. The fourth-order valence-electron chi connectivity index (χ4n) is 6.08. The molecule has 2 heterocycles. The maximum atomic E-state index is 6.10. The van der Waals surface area contributed by atoms with Crippen LogP contribution in [0, 0.1) is 23.2 Å². The Bertz CT molecular complexity index is 315. The highest BCUT2D eigenvalue weighted by atomic mass is 16.7. The Balaban J connectivity index is 1.57. The van der Waals surface area contributed by atoms with E-state index in [0.29, 0.717) is 11.5 Å². The summed E-state index contributed by atoms with van der Waals surface area (Å²) in [6.45, 7) is 1.78. The molecule has 0 aromatic rings. The van der Waals surface area contributed by atoms with E-state index in [1.54, 1.807) is 0 Å². The van der Waals surface area contributed by atoms with Crippen LogP contribution in [0.1, 0.15) is 38.5 Å². The van der Waals surface area contributed by atoms with Gasteiger partial charge in [-0.1, -0.05) is 0 Å². The summed E-state index contributed by atoms with van der Waals surface area (Å²) in [6, 6.07) is 0. The van der Waals surface area contributed by atoms with Crippen molar-refractivity contribution in [3.8, 4) is 0 Å². The first-order valence-electron chi connectivity index (χ1n) is 7.05. The minimum atomic E-state index is 0.197. The molecule has 4 aliphatic carbocycles. The highest BCUT2D eigenvalue weighted by molar-refractivity contribution is 5.21. The predicted octanol–water partition coefficient (Wildman–Crippen LogP) is 2.37. The Morgan fingerprint density at radius 2 is 1.50 bits per heavy atom. The van der Waals surface area contributed by atoms with Crippen molar-refractivity contribution in [3.05, 3.63) is 0 Å². The normalized spacial score (nSPS) is 66.0. The van der Waals surface area contributed by atoms with Crippen molar-refractivity contribution in [2.75, 3.05) is 13.2 Å². The van der Waals surface area contributed by atoms with Gasteiger partial charge in [-0.25, -0.2) is 0 Å². The molecule has 2 atom stereocenters. The molecule has 4 bridgehead atoms. The largest absolute Gasteiger partial charge is 0.376 e. The van der Waals surface area contributed by atoms with Crippen molar-refractivity contribution in [1.82, 2.24) is 0 Å². The number of hydrogen-bond acceptors (Lipinski definition) is 2. The van der Waals surface area contributed by atoms with Crippen molar-refractivity contribution in [3.63, 3.8) is 0 Å². The molecule has 2 aliphatic heterocycles. The third-order valence-electron chi connectivity index (χ3n) is 6.34. The second kappa shape index (κ2) is 2.51. The molecular formula is C14H20O2. The average Bonchev–Trinajstić information content (AvgIpc) is 2.81. The van der Waals surface area contributed by atoms with Gasteiger partial charge in [-0.2, -0.15) is 0 Å². The Kier molecular flexibility index (Phi) is 1.40. The van der Waals surface area contributed by atoms with Crippen LogP contribution in [0.25, 0.3) is 0 Å². The zero-order valence-electron chi connectivity index (χ0n) is 9.78. The zero-order valence-corrected chi connectivity index (χ0v) is 9.78. The third-order valence-corrected chi connectivity index (χ3v) is 6.34. The molecule has 2 heteroatoms. The second-order valence-corrected chi connectivity index (χ2v) is 7.21. The highest BCUT2D eigenvalue weighted by Gasteiger charge is 2.74. The lowest BCUT2D eigenvalue weighted by molar-refractivity contribution is -0.111. The fraction of sp³-hybridized carbons (Fsp3) is 1.00. The first-order chi connectivity index (χ1) is 7.80. The van der Waals surface area contributed by atoms with E-state index in [1.807, 2.05) is 0 Å². The van der Waals surface area contributed by atoms with Gasteiger partial charge in [-0.15, -0.1) is 0 Å². The highest BCUT2D eigenvalue weighted by Crippen LogP contribution is 2.70. The second-order valence-electron chi connectivity index (χ2n) is 7.21. The number of rotatable bonds is 1. The van der Waals surface area contributed by atoms with E-state index in [2.05, 4.69) is 0 Å². The van der Waals surface area contributed by atoms with E-state index in [4.69, 9.17) is 9.47 Å². The lowest BCUT2D eigenvalue weighted by Crippen LogP contribution is -2.54. The van der Waals surface area contributed by atoms with E-state index in [0.717, 1.165) is 31.0 Å². The van der Waals surface area contributed by atoms with E-state index < -0.39 is 0 Å². The smallest absolute Gasteiger partial charge is 0.126 e. The Hall–Kier alpha value is -0.0800. The molecule has 6 fully saturated rings. The van der Waals surface area contributed by atoms with Crippen LogP contribution in [0.15, 0.2) is 0 Å². The average molecular weight is 220 g/mol. The number of ether oxygens (including phenoxy) is 2. The van der Waals surface area contributed by atoms with Crippen LogP contribution in [-0.2, 0) is 9.47 Å². The van der Waals surface area contributed by atoms with Gasteiger partial charge < -0.3 is 9.47 Å². The molecule has 6 rings (SSSR count). The predicted molar refractivity (Wildman–Crippen MR) is 59.0 cm³/mol. The van der Waals surface area contributed by atoms with Gasteiger partial charge in [-0.05, 0) is 56.3 Å². The summed E-state index contributed by atoms with van der Waals surface area (Å²) in [5, 5.41) is 0. The molecule has 0 aromatic heterocycles. The summed E-state index contributed by atoms with van der Waals surface area (Å²) < 4.78 is 11.8. The number of epoxide rings is 1. The molecule has 6 aliphatic rings.